The van der Waals surface area contributed by atoms with Crippen molar-refractivity contribution in [3.8, 4) is 22.6 Å². The van der Waals surface area contributed by atoms with Crippen molar-refractivity contribution in [2.45, 2.75) is 0 Å². The Bertz CT molecular complexity index is 758. The van der Waals surface area contributed by atoms with Gasteiger partial charge in [0.25, 0.3) is 0 Å². The van der Waals surface area contributed by atoms with Crippen molar-refractivity contribution in [2.75, 3.05) is 21.3 Å². The van der Waals surface area contributed by atoms with Crippen LogP contribution in [0.3, 0.4) is 0 Å². The summed E-state index contributed by atoms with van der Waals surface area (Å²) in [7, 11) is 4.37. The number of hydrogen-bond acceptors (Lipinski definition) is 4. The van der Waals surface area contributed by atoms with Crippen LogP contribution in [0.2, 0.25) is 0 Å². The monoisotopic (exact) mass is 312 g/mol. The Kier molecular flexibility index (Phi) is 5.12. The van der Waals surface area contributed by atoms with Crippen LogP contribution >= 0.6 is 0 Å². The molecule has 0 saturated heterocycles. The zero-order chi connectivity index (χ0) is 16.8. The van der Waals surface area contributed by atoms with Gasteiger partial charge in [-0.2, -0.15) is 4.79 Å². The minimum Gasteiger partial charge on any atom is -0.497 e. The van der Waals surface area contributed by atoms with Gasteiger partial charge < -0.3 is 19.7 Å². The fourth-order valence-electron chi connectivity index (χ4n) is 2.13. The van der Waals surface area contributed by atoms with Gasteiger partial charge in [0.15, 0.2) is 0 Å². The molecule has 0 bridgehead atoms. The molecule has 2 aromatic rings. The fourth-order valence-corrected chi connectivity index (χ4v) is 2.13. The lowest BCUT2D eigenvalue weighted by molar-refractivity contribution is -0.137. The lowest BCUT2D eigenvalue weighted by Gasteiger charge is -2.09. The standard InChI is InChI=1S/C17H16N2O4/c1-21-14-8-13(9-15(10-14)22-2)11-5-4-6-12(7-11)16(19-18)17(20)23-3/h4-10H,1-3H3. The number of rotatable bonds is 5. The highest BCUT2D eigenvalue weighted by atomic mass is 16.5. The number of carbonyl (C=O) groups is 1. The minimum atomic E-state index is -0.715. The second-order valence-corrected chi connectivity index (χ2v) is 4.62. The van der Waals surface area contributed by atoms with Crippen LogP contribution in [0.1, 0.15) is 5.56 Å². The zero-order valence-electron chi connectivity index (χ0n) is 13.1. The fraction of sp³-hybridized carbons (Fsp3) is 0.176. The summed E-state index contributed by atoms with van der Waals surface area (Å²) < 4.78 is 15.1. The van der Waals surface area contributed by atoms with Crippen molar-refractivity contribution >= 4 is 11.7 Å². The minimum absolute atomic E-state index is 0.163. The number of esters is 1. The first-order valence-corrected chi connectivity index (χ1v) is 6.77. The Morgan fingerprint density at radius 2 is 1.61 bits per heavy atom. The Hall–Kier alpha value is -3.11. The molecule has 0 fully saturated rings. The van der Waals surface area contributed by atoms with Crippen LogP contribution in [0, 0.1) is 0 Å². The predicted molar refractivity (Wildman–Crippen MR) is 84.7 cm³/mol. The molecule has 0 amide bonds. The molecule has 2 rings (SSSR count). The number of hydrogen-bond donors (Lipinski definition) is 0. The third-order valence-corrected chi connectivity index (χ3v) is 3.30. The third kappa shape index (κ3) is 3.56. The largest absolute Gasteiger partial charge is 0.497 e. The Morgan fingerprint density at radius 1 is 0.957 bits per heavy atom. The lowest BCUT2D eigenvalue weighted by Crippen LogP contribution is -2.18. The lowest BCUT2D eigenvalue weighted by atomic mass is 10.0. The van der Waals surface area contributed by atoms with E-state index in [0.29, 0.717) is 17.1 Å². The molecule has 0 spiro atoms. The maximum atomic E-state index is 11.6. The van der Waals surface area contributed by atoms with Gasteiger partial charge in [-0.25, -0.2) is 4.79 Å². The molecule has 6 nitrogen and oxygen atoms in total. The topological polar surface area (TPSA) is 81.2 Å². The summed E-state index contributed by atoms with van der Waals surface area (Å²) in [6.07, 6.45) is 0. The molecule has 0 aliphatic rings. The summed E-state index contributed by atoms with van der Waals surface area (Å²) in [5.41, 5.74) is 11.0. The Morgan fingerprint density at radius 3 is 2.13 bits per heavy atom. The Labute approximate surface area is 133 Å². The van der Waals surface area contributed by atoms with Crippen molar-refractivity contribution in [3.63, 3.8) is 0 Å². The van der Waals surface area contributed by atoms with Gasteiger partial charge >= 0.3 is 11.7 Å². The van der Waals surface area contributed by atoms with Crippen molar-refractivity contribution in [1.29, 1.82) is 0 Å². The van der Waals surface area contributed by atoms with Crippen LogP contribution in [0.25, 0.3) is 16.7 Å². The second kappa shape index (κ2) is 7.24. The van der Waals surface area contributed by atoms with E-state index in [-0.39, 0.29) is 5.71 Å². The maximum absolute atomic E-state index is 11.6. The molecule has 0 aliphatic heterocycles. The molecular weight excluding hydrogens is 296 g/mol. The van der Waals surface area contributed by atoms with Crippen molar-refractivity contribution in [2.24, 2.45) is 0 Å². The number of carbonyl (C=O) groups excluding carboxylic acids is 1. The maximum Gasteiger partial charge on any atom is 0.422 e. The summed E-state index contributed by atoms with van der Waals surface area (Å²) in [6.45, 7) is 0. The Balaban J connectivity index is 2.52. The first-order chi connectivity index (χ1) is 11.1. The van der Waals surface area contributed by atoms with Gasteiger partial charge in [0.1, 0.15) is 11.5 Å². The van der Waals surface area contributed by atoms with E-state index in [1.165, 1.54) is 7.11 Å². The molecule has 0 aromatic heterocycles. The molecule has 0 saturated carbocycles. The van der Waals surface area contributed by atoms with E-state index in [2.05, 4.69) is 9.53 Å². The van der Waals surface area contributed by atoms with Gasteiger partial charge in [-0.15, -0.1) is 0 Å². The van der Waals surface area contributed by atoms with Crippen LogP contribution in [0.4, 0.5) is 0 Å². The van der Waals surface area contributed by atoms with E-state index >= 15 is 0 Å². The molecule has 0 heterocycles. The van der Waals surface area contributed by atoms with Gasteiger partial charge in [0.2, 0.25) is 0 Å². The van der Waals surface area contributed by atoms with E-state index in [1.54, 1.807) is 38.5 Å². The van der Waals surface area contributed by atoms with Crippen LogP contribution in [0.15, 0.2) is 42.5 Å². The van der Waals surface area contributed by atoms with Crippen LogP contribution < -0.4 is 9.47 Å². The molecule has 23 heavy (non-hydrogen) atoms. The molecular formula is C17H16N2O4. The first-order valence-electron chi connectivity index (χ1n) is 6.77. The average Bonchev–Trinajstić information content (AvgIpc) is 2.61. The van der Waals surface area contributed by atoms with Gasteiger partial charge in [-0.05, 0) is 35.4 Å². The highest BCUT2D eigenvalue weighted by molar-refractivity contribution is 6.40. The molecule has 118 valence electrons. The SMILES string of the molecule is COC(=O)C(=[N+]=[N-])c1cccc(-c2cc(OC)cc(OC)c2)c1. The van der Waals surface area contributed by atoms with E-state index in [1.807, 2.05) is 18.2 Å². The number of ether oxygens (including phenoxy) is 3. The first kappa shape index (κ1) is 16.3. The summed E-state index contributed by atoms with van der Waals surface area (Å²) in [5, 5.41) is 0. The highest BCUT2D eigenvalue weighted by Crippen LogP contribution is 2.30. The van der Waals surface area contributed by atoms with Crippen LogP contribution in [-0.4, -0.2) is 37.8 Å². The number of benzene rings is 2. The summed E-state index contributed by atoms with van der Waals surface area (Å²) in [6, 6.07) is 12.5. The van der Waals surface area contributed by atoms with Gasteiger partial charge in [0.05, 0.1) is 26.9 Å². The third-order valence-electron chi connectivity index (χ3n) is 3.30. The summed E-state index contributed by atoms with van der Waals surface area (Å²) in [5.74, 6) is 0.579. The van der Waals surface area contributed by atoms with Gasteiger partial charge in [0, 0.05) is 6.07 Å². The van der Waals surface area contributed by atoms with E-state index < -0.39 is 5.97 Å². The molecule has 0 N–H and O–H groups in total. The van der Waals surface area contributed by atoms with E-state index in [0.717, 1.165) is 11.1 Å². The number of nitrogens with zero attached hydrogens (tertiary/aromatic N) is 2. The second-order valence-electron chi connectivity index (χ2n) is 4.62. The molecule has 6 heteroatoms. The molecule has 0 aliphatic carbocycles. The average molecular weight is 312 g/mol. The predicted octanol–water partition coefficient (Wildman–Crippen LogP) is 2.56. The highest BCUT2D eigenvalue weighted by Gasteiger charge is 2.23. The molecule has 0 unspecified atom stereocenters. The van der Waals surface area contributed by atoms with Crippen LogP contribution in [-0.2, 0) is 9.53 Å². The smallest absolute Gasteiger partial charge is 0.422 e. The van der Waals surface area contributed by atoms with E-state index in [9.17, 15) is 4.79 Å². The zero-order valence-corrected chi connectivity index (χ0v) is 13.1. The van der Waals surface area contributed by atoms with Gasteiger partial charge in [-0.1, -0.05) is 12.1 Å². The van der Waals surface area contributed by atoms with Crippen molar-refractivity contribution in [3.05, 3.63) is 53.6 Å². The van der Waals surface area contributed by atoms with E-state index in [4.69, 9.17) is 15.0 Å². The summed E-state index contributed by atoms with van der Waals surface area (Å²) >= 11 is 0. The normalized spacial score (nSPS) is 9.70. The quantitative estimate of drug-likeness (QED) is 0.368. The molecule has 0 radical (unpaired) electrons. The van der Waals surface area contributed by atoms with Crippen LogP contribution in [0.5, 0.6) is 11.5 Å². The van der Waals surface area contributed by atoms with Crippen molar-refractivity contribution in [1.82, 2.24) is 0 Å². The van der Waals surface area contributed by atoms with Crippen molar-refractivity contribution < 1.29 is 23.8 Å². The molecule has 2 aromatic carbocycles. The summed E-state index contributed by atoms with van der Waals surface area (Å²) in [4.78, 5) is 14.7. The molecule has 0 atom stereocenters. The van der Waals surface area contributed by atoms with Gasteiger partial charge in [-0.3, -0.25) is 0 Å². The number of methoxy groups -OCH3 is 3.